The normalized spacial score (nSPS) is 12.0. The molecule has 25 heavy (non-hydrogen) atoms. The summed E-state index contributed by atoms with van der Waals surface area (Å²) in [7, 11) is 1.85. The molecule has 6 nitrogen and oxygen atoms in total. The van der Waals surface area contributed by atoms with E-state index in [1.54, 1.807) is 0 Å². The van der Waals surface area contributed by atoms with Gasteiger partial charge >= 0.3 is 0 Å². The van der Waals surface area contributed by atoms with Crippen LogP contribution in [0, 0.1) is 10.1 Å². The van der Waals surface area contributed by atoms with Gasteiger partial charge in [0, 0.05) is 27.7 Å². The number of nitrogens with zero attached hydrogens (tertiary/aromatic N) is 2. The number of likely N-dealkylation sites (N-methyl/N-ethyl adjacent to an activating group) is 1. The zero-order chi connectivity index (χ0) is 18.6. The van der Waals surface area contributed by atoms with Crippen LogP contribution < -0.4 is 5.32 Å². The van der Waals surface area contributed by atoms with Gasteiger partial charge in [0.25, 0.3) is 5.69 Å². The summed E-state index contributed by atoms with van der Waals surface area (Å²) < 4.78 is 0.462. The lowest BCUT2D eigenvalue weighted by atomic mass is 10.1. The molecule has 0 saturated carbocycles. The van der Waals surface area contributed by atoms with E-state index in [0.717, 1.165) is 5.56 Å². The van der Waals surface area contributed by atoms with E-state index < -0.39 is 4.92 Å². The molecule has 0 aliphatic carbocycles. The van der Waals surface area contributed by atoms with Gasteiger partial charge in [-0.3, -0.25) is 19.8 Å². The van der Waals surface area contributed by atoms with Gasteiger partial charge < -0.3 is 5.32 Å². The van der Waals surface area contributed by atoms with Crippen molar-refractivity contribution in [3.8, 4) is 0 Å². The van der Waals surface area contributed by atoms with Gasteiger partial charge in [-0.1, -0.05) is 23.7 Å². The number of carbonyl (C=O) groups excluding carboxylic acids is 1. The van der Waals surface area contributed by atoms with Crippen molar-refractivity contribution in [2.45, 2.75) is 13.0 Å². The number of nitro groups is 1. The highest BCUT2D eigenvalue weighted by atomic mass is 79.9. The smallest absolute Gasteiger partial charge is 0.270 e. The molecule has 0 radical (unpaired) electrons. The fourth-order valence-corrected chi connectivity index (χ4v) is 2.86. The lowest BCUT2D eigenvalue weighted by molar-refractivity contribution is -0.384. The minimum atomic E-state index is -0.488. The number of hydrogen-bond donors (Lipinski definition) is 1. The lowest BCUT2D eigenvalue weighted by Gasteiger charge is -2.24. The predicted molar refractivity (Wildman–Crippen MR) is 102 cm³/mol. The first-order chi connectivity index (χ1) is 11.8. The predicted octanol–water partition coefficient (Wildman–Crippen LogP) is 4.64. The van der Waals surface area contributed by atoms with E-state index in [-0.39, 0.29) is 24.2 Å². The third-order valence-corrected chi connectivity index (χ3v) is 4.75. The van der Waals surface area contributed by atoms with Crippen LogP contribution in [0.25, 0.3) is 0 Å². The minimum absolute atomic E-state index is 0.0309. The van der Waals surface area contributed by atoms with E-state index in [0.29, 0.717) is 15.2 Å². The Balaban J connectivity index is 1.99. The molecule has 8 heteroatoms. The van der Waals surface area contributed by atoms with Crippen LogP contribution in [0.1, 0.15) is 18.5 Å². The maximum Gasteiger partial charge on any atom is 0.270 e. The number of carbonyl (C=O) groups is 1. The monoisotopic (exact) mass is 425 g/mol. The summed E-state index contributed by atoms with van der Waals surface area (Å²) in [6.45, 7) is 2.17. The zero-order valence-electron chi connectivity index (χ0n) is 13.7. The molecule has 132 valence electrons. The second-order valence-corrected chi connectivity index (χ2v) is 6.90. The first-order valence-electron chi connectivity index (χ1n) is 7.47. The molecule has 0 bridgehead atoms. The molecule has 2 aromatic carbocycles. The van der Waals surface area contributed by atoms with Crippen LogP contribution in [-0.4, -0.2) is 29.3 Å². The Labute approximate surface area is 159 Å². The van der Waals surface area contributed by atoms with Crippen LogP contribution in [0.5, 0.6) is 0 Å². The Morgan fingerprint density at radius 1 is 1.32 bits per heavy atom. The average Bonchev–Trinajstić information content (AvgIpc) is 2.56. The number of rotatable bonds is 6. The first kappa shape index (κ1) is 19.4. The zero-order valence-corrected chi connectivity index (χ0v) is 16.0. The third kappa shape index (κ3) is 5.26. The van der Waals surface area contributed by atoms with Crippen molar-refractivity contribution < 1.29 is 9.72 Å². The van der Waals surface area contributed by atoms with Crippen LogP contribution >= 0.6 is 27.5 Å². The highest BCUT2D eigenvalue weighted by Crippen LogP contribution is 2.27. The number of benzene rings is 2. The Hall–Kier alpha value is -1.96. The fraction of sp³-hybridized carbons (Fsp3) is 0.235. The molecule has 0 aliphatic heterocycles. The van der Waals surface area contributed by atoms with Gasteiger partial charge in [0.15, 0.2) is 0 Å². The maximum atomic E-state index is 12.3. The van der Waals surface area contributed by atoms with Crippen LogP contribution in [-0.2, 0) is 4.79 Å². The number of amides is 1. The summed E-state index contributed by atoms with van der Waals surface area (Å²) in [5, 5.41) is 14.2. The van der Waals surface area contributed by atoms with E-state index >= 15 is 0 Å². The van der Waals surface area contributed by atoms with Gasteiger partial charge in [0.05, 0.1) is 17.2 Å². The van der Waals surface area contributed by atoms with Crippen LogP contribution in [0.2, 0.25) is 5.02 Å². The average molecular weight is 427 g/mol. The number of anilines is 1. The minimum Gasteiger partial charge on any atom is -0.324 e. The van der Waals surface area contributed by atoms with Crippen molar-refractivity contribution in [1.82, 2.24) is 4.90 Å². The largest absolute Gasteiger partial charge is 0.324 e. The highest BCUT2D eigenvalue weighted by molar-refractivity contribution is 9.10. The van der Waals surface area contributed by atoms with E-state index in [2.05, 4.69) is 21.2 Å². The van der Waals surface area contributed by atoms with Gasteiger partial charge in [-0.15, -0.1) is 0 Å². The highest BCUT2D eigenvalue weighted by Gasteiger charge is 2.16. The van der Waals surface area contributed by atoms with Crippen molar-refractivity contribution in [1.29, 1.82) is 0 Å². The topological polar surface area (TPSA) is 75.5 Å². The molecular weight excluding hydrogens is 410 g/mol. The molecule has 1 atom stereocenters. The molecule has 0 aliphatic rings. The molecule has 0 heterocycles. The number of halogens is 2. The van der Waals surface area contributed by atoms with Crippen molar-refractivity contribution in [3.63, 3.8) is 0 Å². The molecule has 1 unspecified atom stereocenters. The molecule has 0 aromatic heterocycles. The van der Waals surface area contributed by atoms with Crippen molar-refractivity contribution in [3.05, 3.63) is 67.6 Å². The summed E-state index contributed by atoms with van der Waals surface area (Å²) in [6.07, 6.45) is 0. The number of nitrogens with one attached hydrogen (secondary N) is 1. The van der Waals surface area contributed by atoms with Crippen LogP contribution in [0.15, 0.2) is 46.9 Å². The molecule has 2 rings (SSSR count). The first-order valence-corrected chi connectivity index (χ1v) is 8.64. The number of non-ortho nitro benzene ring substituents is 1. The lowest BCUT2D eigenvalue weighted by Crippen LogP contribution is -2.32. The van der Waals surface area contributed by atoms with Gasteiger partial charge in [0.1, 0.15) is 0 Å². The quantitative estimate of drug-likeness (QED) is 0.539. The van der Waals surface area contributed by atoms with E-state index in [1.807, 2.05) is 43.1 Å². The summed E-state index contributed by atoms with van der Waals surface area (Å²) in [4.78, 5) is 24.4. The van der Waals surface area contributed by atoms with Crippen LogP contribution in [0.3, 0.4) is 0 Å². The van der Waals surface area contributed by atoms with E-state index in [4.69, 9.17) is 11.6 Å². The molecule has 0 spiro atoms. The molecule has 1 amide bonds. The second kappa shape index (κ2) is 8.42. The Bertz CT molecular complexity index is 783. The van der Waals surface area contributed by atoms with Gasteiger partial charge in [0.2, 0.25) is 5.91 Å². The molecule has 2 aromatic rings. The van der Waals surface area contributed by atoms with Gasteiger partial charge in [-0.2, -0.15) is 0 Å². The molecule has 1 N–H and O–H groups in total. The third-order valence-electron chi connectivity index (χ3n) is 3.84. The van der Waals surface area contributed by atoms with Crippen molar-refractivity contribution in [2.75, 3.05) is 18.9 Å². The standard InChI is InChI=1S/C17H17BrClN3O3/c1-11(12-3-5-13(19)6-4-12)21(2)10-17(23)20-16-8-7-14(22(24)25)9-15(16)18/h3-9,11H,10H2,1-2H3,(H,20,23). The van der Waals surface area contributed by atoms with Crippen molar-refractivity contribution in [2.24, 2.45) is 0 Å². The van der Waals surface area contributed by atoms with Crippen LogP contribution in [0.4, 0.5) is 11.4 Å². The Morgan fingerprint density at radius 2 is 1.96 bits per heavy atom. The SMILES string of the molecule is CC(c1ccc(Cl)cc1)N(C)CC(=O)Nc1ccc([N+](=O)[O-])cc1Br. The molecular formula is C17H17BrClN3O3. The summed E-state index contributed by atoms with van der Waals surface area (Å²) in [5.41, 5.74) is 1.50. The summed E-state index contributed by atoms with van der Waals surface area (Å²) >= 11 is 9.13. The van der Waals surface area contributed by atoms with E-state index in [1.165, 1.54) is 18.2 Å². The van der Waals surface area contributed by atoms with Gasteiger partial charge in [-0.05, 0) is 53.7 Å². The summed E-state index contributed by atoms with van der Waals surface area (Å²) in [5.74, 6) is -0.210. The Morgan fingerprint density at radius 3 is 2.52 bits per heavy atom. The maximum absolute atomic E-state index is 12.3. The Kier molecular flexibility index (Phi) is 6.52. The number of nitro benzene ring substituents is 1. The van der Waals surface area contributed by atoms with E-state index in [9.17, 15) is 14.9 Å². The molecule has 0 saturated heterocycles. The number of hydrogen-bond acceptors (Lipinski definition) is 4. The molecule has 0 fully saturated rings. The van der Waals surface area contributed by atoms with Crippen molar-refractivity contribution >= 4 is 44.8 Å². The summed E-state index contributed by atoms with van der Waals surface area (Å²) in [6, 6.07) is 11.7. The van der Waals surface area contributed by atoms with Gasteiger partial charge in [-0.25, -0.2) is 0 Å². The second-order valence-electron chi connectivity index (χ2n) is 5.61. The fourth-order valence-electron chi connectivity index (χ4n) is 2.27.